The maximum Gasteiger partial charge on any atom is 0.165 e. The summed E-state index contributed by atoms with van der Waals surface area (Å²) in [6.45, 7) is 4.20. The van der Waals surface area contributed by atoms with Crippen LogP contribution in [0.4, 0.5) is 0 Å². The van der Waals surface area contributed by atoms with Crippen molar-refractivity contribution in [3.8, 4) is 0 Å². The highest BCUT2D eigenvalue weighted by molar-refractivity contribution is 7.99. The number of thioether (sulfide) groups is 1. The Kier molecular flexibility index (Phi) is 6.24. The van der Waals surface area contributed by atoms with Crippen LogP contribution in [0.1, 0.15) is 37.0 Å². The Hall–Kier alpha value is -0.760. The van der Waals surface area contributed by atoms with Crippen LogP contribution in [0.3, 0.4) is 0 Å². The quantitative estimate of drug-likeness (QED) is 0.525. The molecule has 1 nitrogen and oxygen atoms in total. The predicted octanol–water partition coefficient (Wildman–Crippen LogP) is 4.04. The van der Waals surface area contributed by atoms with Crippen molar-refractivity contribution in [1.82, 2.24) is 0 Å². The highest BCUT2D eigenvalue weighted by Crippen LogP contribution is 2.15. The molecule has 0 spiro atoms. The number of benzene rings is 1. The van der Waals surface area contributed by atoms with E-state index >= 15 is 0 Å². The van der Waals surface area contributed by atoms with Gasteiger partial charge in [0.25, 0.3) is 0 Å². The molecule has 88 valence electrons. The molecule has 0 amide bonds. The van der Waals surface area contributed by atoms with E-state index in [9.17, 15) is 4.79 Å². The summed E-state index contributed by atoms with van der Waals surface area (Å²) in [6.07, 6.45) is 2.14. The summed E-state index contributed by atoms with van der Waals surface area (Å²) < 4.78 is 0. The Labute approximate surface area is 103 Å². The molecular formula is C14H20OS. The number of hydrogen-bond donors (Lipinski definition) is 0. The fourth-order valence-electron chi connectivity index (χ4n) is 1.65. The van der Waals surface area contributed by atoms with Crippen LogP contribution < -0.4 is 0 Å². The molecule has 2 heteroatoms. The first-order valence-corrected chi connectivity index (χ1v) is 7.08. The Morgan fingerprint density at radius 2 is 2.00 bits per heavy atom. The first-order chi connectivity index (χ1) is 7.75. The summed E-state index contributed by atoms with van der Waals surface area (Å²) in [5, 5.41) is 0. The highest BCUT2D eigenvalue weighted by atomic mass is 32.2. The second-order valence-corrected chi connectivity index (χ2v) is 5.36. The molecule has 1 atom stereocenters. The average molecular weight is 236 g/mol. The molecule has 0 radical (unpaired) electrons. The van der Waals surface area contributed by atoms with E-state index in [0.29, 0.717) is 0 Å². The lowest BCUT2D eigenvalue weighted by atomic mass is 9.95. The van der Waals surface area contributed by atoms with Gasteiger partial charge in [0.1, 0.15) is 0 Å². The van der Waals surface area contributed by atoms with Crippen LogP contribution in [0.25, 0.3) is 0 Å². The van der Waals surface area contributed by atoms with E-state index in [2.05, 4.69) is 6.92 Å². The van der Waals surface area contributed by atoms with Gasteiger partial charge in [0.15, 0.2) is 5.78 Å². The summed E-state index contributed by atoms with van der Waals surface area (Å²) in [7, 11) is 0. The Morgan fingerprint density at radius 3 is 2.62 bits per heavy atom. The molecule has 0 aliphatic heterocycles. The number of rotatable bonds is 7. The van der Waals surface area contributed by atoms with Crippen LogP contribution in [0.5, 0.6) is 0 Å². The molecule has 0 bridgehead atoms. The summed E-state index contributed by atoms with van der Waals surface area (Å²) in [5.74, 6) is 2.77. The lowest BCUT2D eigenvalue weighted by Crippen LogP contribution is -2.11. The molecule has 1 unspecified atom stereocenters. The van der Waals surface area contributed by atoms with Gasteiger partial charge in [0.05, 0.1) is 0 Å². The first kappa shape index (κ1) is 13.3. The smallest absolute Gasteiger partial charge is 0.165 e. The Balaban J connectivity index is 2.37. The van der Waals surface area contributed by atoms with E-state index < -0.39 is 0 Å². The van der Waals surface area contributed by atoms with Crippen molar-refractivity contribution in [3.05, 3.63) is 35.9 Å². The van der Waals surface area contributed by atoms with Crippen molar-refractivity contribution in [2.45, 2.75) is 26.7 Å². The minimum atomic E-state index is 0.153. The number of carbonyl (C=O) groups is 1. The van der Waals surface area contributed by atoms with E-state index in [1.165, 1.54) is 11.5 Å². The third-order valence-electron chi connectivity index (χ3n) is 2.64. The van der Waals surface area contributed by atoms with E-state index in [0.717, 1.165) is 18.4 Å². The summed E-state index contributed by atoms with van der Waals surface area (Å²) in [4.78, 5) is 12.0. The highest BCUT2D eigenvalue weighted by Gasteiger charge is 2.13. The summed E-state index contributed by atoms with van der Waals surface area (Å²) in [6, 6.07) is 9.60. The molecule has 1 aromatic rings. The standard InChI is InChI=1S/C14H20OS/c1-3-16-11-7-8-12(2)14(15)13-9-5-4-6-10-13/h4-6,9-10,12H,3,7-8,11H2,1-2H3. The molecule has 1 rings (SSSR count). The van der Waals surface area contributed by atoms with Crippen LogP contribution in [0.2, 0.25) is 0 Å². The zero-order valence-electron chi connectivity index (χ0n) is 10.1. The second-order valence-electron chi connectivity index (χ2n) is 3.97. The van der Waals surface area contributed by atoms with Crippen LogP contribution in [0, 0.1) is 5.92 Å². The fraction of sp³-hybridized carbons (Fsp3) is 0.500. The van der Waals surface area contributed by atoms with Crippen LogP contribution in [-0.2, 0) is 0 Å². The second kappa shape index (κ2) is 7.50. The third kappa shape index (κ3) is 4.40. The topological polar surface area (TPSA) is 17.1 Å². The number of carbonyl (C=O) groups excluding carboxylic acids is 1. The molecule has 0 heterocycles. The number of Topliss-reactive ketones (excluding diaryl/α,β-unsaturated/α-hetero) is 1. The van der Waals surface area contributed by atoms with E-state index in [1.807, 2.05) is 49.0 Å². The van der Waals surface area contributed by atoms with Crippen LogP contribution >= 0.6 is 11.8 Å². The molecule has 1 aromatic carbocycles. The molecule has 0 saturated carbocycles. The van der Waals surface area contributed by atoms with Crippen LogP contribution in [0.15, 0.2) is 30.3 Å². The van der Waals surface area contributed by atoms with Gasteiger partial charge in [0.2, 0.25) is 0 Å². The molecule has 0 saturated heterocycles. The van der Waals surface area contributed by atoms with Gasteiger partial charge < -0.3 is 0 Å². The minimum Gasteiger partial charge on any atom is -0.294 e. The van der Waals surface area contributed by atoms with E-state index in [-0.39, 0.29) is 11.7 Å². The Morgan fingerprint density at radius 1 is 1.31 bits per heavy atom. The molecule has 0 aromatic heterocycles. The predicted molar refractivity (Wildman–Crippen MR) is 72.2 cm³/mol. The largest absolute Gasteiger partial charge is 0.294 e. The number of ketones is 1. The van der Waals surface area contributed by atoms with Crippen molar-refractivity contribution >= 4 is 17.5 Å². The van der Waals surface area contributed by atoms with Gasteiger partial charge in [-0.15, -0.1) is 0 Å². The van der Waals surface area contributed by atoms with Gasteiger partial charge in [-0.1, -0.05) is 44.2 Å². The average Bonchev–Trinajstić information content (AvgIpc) is 2.34. The summed E-state index contributed by atoms with van der Waals surface area (Å²) in [5.41, 5.74) is 0.846. The maximum absolute atomic E-state index is 12.0. The Bertz CT molecular complexity index is 308. The SMILES string of the molecule is CCSCCCC(C)C(=O)c1ccccc1. The van der Waals surface area contributed by atoms with Gasteiger partial charge in [-0.2, -0.15) is 11.8 Å². The van der Waals surface area contributed by atoms with Gasteiger partial charge in [0, 0.05) is 11.5 Å². The minimum absolute atomic E-state index is 0.153. The lowest BCUT2D eigenvalue weighted by Gasteiger charge is -2.09. The van der Waals surface area contributed by atoms with Crippen LogP contribution in [-0.4, -0.2) is 17.3 Å². The zero-order chi connectivity index (χ0) is 11.8. The summed E-state index contributed by atoms with van der Waals surface area (Å²) >= 11 is 1.95. The van der Waals surface area contributed by atoms with Gasteiger partial charge >= 0.3 is 0 Å². The number of hydrogen-bond acceptors (Lipinski definition) is 2. The molecule has 0 fully saturated rings. The first-order valence-electron chi connectivity index (χ1n) is 5.92. The zero-order valence-corrected chi connectivity index (χ0v) is 10.9. The van der Waals surface area contributed by atoms with Crippen molar-refractivity contribution in [3.63, 3.8) is 0 Å². The van der Waals surface area contributed by atoms with E-state index in [1.54, 1.807) is 0 Å². The van der Waals surface area contributed by atoms with Gasteiger partial charge in [-0.25, -0.2) is 0 Å². The molecule has 0 aliphatic rings. The van der Waals surface area contributed by atoms with Crippen molar-refractivity contribution in [1.29, 1.82) is 0 Å². The van der Waals surface area contributed by atoms with E-state index in [4.69, 9.17) is 0 Å². The van der Waals surface area contributed by atoms with Gasteiger partial charge in [-0.3, -0.25) is 4.79 Å². The molecule has 0 N–H and O–H groups in total. The fourth-order valence-corrected chi connectivity index (χ4v) is 2.31. The normalized spacial score (nSPS) is 12.4. The van der Waals surface area contributed by atoms with Crippen molar-refractivity contribution in [2.24, 2.45) is 5.92 Å². The van der Waals surface area contributed by atoms with Crippen molar-refractivity contribution in [2.75, 3.05) is 11.5 Å². The molecule has 16 heavy (non-hydrogen) atoms. The maximum atomic E-state index is 12.0. The van der Waals surface area contributed by atoms with Gasteiger partial charge in [-0.05, 0) is 24.3 Å². The molecule has 0 aliphatic carbocycles. The molecular weight excluding hydrogens is 216 g/mol. The third-order valence-corrected chi connectivity index (χ3v) is 3.62. The monoisotopic (exact) mass is 236 g/mol. The van der Waals surface area contributed by atoms with Crippen molar-refractivity contribution < 1.29 is 4.79 Å². The lowest BCUT2D eigenvalue weighted by molar-refractivity contribution is 0.0924.